The number of nitrogens with two attached hydrogens (primary N) is 1. The minimum absolute atomic E-state index is 0.199. The van der Waals surface area contributed by atoms with Gasteiger partial charge in [-0.15, -0.1) is 0 Å². The van der Waals surface area contributed by atoms with E-state index < -0.39 is 0 Å². The van der Waals surface area contributed by atoms with Crippen LogP contribution in [-0.4, -0.2) is 24.1 Å². The molecular formula is C15H22IN3O2. The van der Waals surface area contributed by atoms with E-state index in [0.29, 0.717) is 18.5 Å². The molecule has 1 fully saturated rings. The van der Waals surface area contributed by atoms with Crippen molar-refractivity contribution in [3.8, 4) is 0 Å². The number of halogens is 1. The van der Waals surface area contributed by atoms with Crippen molar-refractivity contribution in [2.75, 3.05) is 18.0 Å². The maximum absolute atomic E-state index is 11.4. The zero-order valence-electron chi connectivity index (χ0n) is 12.3. The Kier molecular flexibility index (Phi) is 5.80. The molecule has 5 nitrogen and oxygen atoms in total. The van der Waals surface area contributed by atoms with E-state index in [1.165, 1.54) is 12.8 Å². The maximum atomic E-state index is 11.4. The lowest BCUT2D eigenvalue weighted by atomic mass is 9.83. The molecule has 0 aromatic heterocycles. The standard InChI is InChI=1S/C15H22IN3O2/c1-2-18(13-6-4-3-5-11(13)10-17)14-8-7-12(16)9-15(14)19(20)21/h7-9,11,13H,2-6,10,17H2,1H3. The summed E-state index contributed by atoms with van der Waals surface area (Å²) in [6.07, 6.45) is 4.58. The number of nitrogens with zero attached hydrogens (tertiary/aromatic N) is 2. The SMILES string of the molecule is CCN(c1ccc(I)cc1[N+](=O)[O-])C1CCCCC1CN. The molecule has 1 aliphatic rings. The zero-order valence-corrected chi connectivity index (χ0v) is 14.5. The Morgan fingerprint density at radius 1 is 1.43 bits per heavy atom. The van der Waals surface area contributed by atoms with E-state index in [4.69, 9.17) is 5.73 Å². The van der Waals surface area contributed by atoms with Gasteiger partial charge in [0.1, 0.15) is 5.69 Å². The van der Waals surface area contributed by atoms with E-state index in [9.17, 15) is 10.1 Å². The third kappa shape index (κ3) is 3.66. The number of rotatable bonds is 5. The van der Waals surface area contributed by atoms with Crippen LogP contribution in [0.5, 0.6) is 0 Å². The van der Waals surface area contributed by atoms with Crippen molar-refractivity contribution in [1.82, 2.24) is 0 Å². The largest absolute Gasteiger partial charge is 0.363 e. The second-order valence-electron chi connectivity index (χ2n) is 5.52. The smallest absolute Gasteiger partial charge is 0.293 e. The molecule has 0 heterocycles. The highest BCUT2D eigenvalue weighted by Crippen LogP contribution is 2.36. The van der Waals surface area contributed by atoms with Gasteiger partial charge in [-0.2, -0.15) is 0 Å². The first-order valence-electron chi connectivity index (χ1n) is 7.49. The molecule has 0 spiro atoms. The van der Waals surface area contributed by atoms with Gasteiger partial charge in [0.25, 0.3) is 5.69 Å². The summed E-state index contributed by atoms with van der Waals surface area (Å²) < 4.78 is 0.887. The minimum atomic E-state index is -0.277. The van der Waals surface area contributed by atoms with Gasteiger partial charge < -0.3 is 10.6 Å². The topological polar surface area (TPSA) is 72.4 Å². The molecule has 21 heavy (non-hydrogen) atoms. The van der Waals surface area contributed by atoms with Crippen LogP contribution >= 0.6 is 22.6 Å². The van der Waals surface area contributed by atoms with Crippen LogP contribution in [0.3, 0.4) is 0 Å². The molecule has 1 saturated carbocycles. The Balaban J connectivity index is 2.38. The van der Waals surface area contributed by atoms with Crippen molar-refractivity contribution in [1.29, 1.82) is 0 Å². The molecule has 0 radical (unpaired) electrons. The molecule has 2 atom stereocenters. The van der Waals surface area contributed by atoms with Gasteiger partial charge in [-0.1, -0.05) is 12.8 Å². The number of nitro benzene ring substituents is 1. The van der Waals surface area contributed by atoms with Crippen LogP contribution in [0.15, 0.2) is 18.2 Å². The van der Waals surface area contributed by atoms with Gasteiger partial charge in [0.15, 0.2) is 0 Å². The van der Waals surface area contributed by atoms with E-state index in [-0.39, 0.29) is 10.6 Å². The van der Waals surface area contributed by atoms with E-state index in [1.807, 2.05) is 12.1 Å². The lowest BCUT2D eigenvalue weighted by Crippen LogP contribution is -2.45. The van der Waals surface area contributed by atoms with Crippen LogP contribution in [0, 0.1) is 19.6 Å². The normalized spacial score (nSPS) is 22.0. The Hall–Kier alpha value is -0.890. The fourth-order valence-electron chi connectivity index (χ4n) is 3.34. The first kappa shape index (κ1) is 16.5. The average molecular weight is 403 g/mol. The number of anilines is 1. The number of hydrogen-bond donors (Lipinski definition) is 1. The summed E-state index contributed by atoms with van der Waals surface area (Å²) >= 11 is 2.11. The second-order valence-corrected chi connectivity index (χ2v) is 6.77. The van der Waals surface area contributed by atoms with Gasteiger partial charge in [-0.25, -0.2) is 0 Å². The van der Waals surface area contributed by atoms with Crippen LogP contribution in [0.2, 0.25) is 0 Å². The summed E-state index contributed by atoms with van der Waals surface area (Å²) in [7, 11) is 0. The summed E-state index contributed by atoms with van der Waals surface area (Å²) in [6.45, 7) is 3.48. The maximum Gasteiger partial charge on any atom is 0.293 e. The molecule has 1 aromatic rings. The van der Waals surface area contributed by atoms with Crippen molar-refractivity contribution >= 4 is 34.0 Å². The minimum Gasteiger partial charge on any atom is -0.363 e. The monoisotopic (exact) mass is 403 g/mol. The highest BCUT2D eigenvalue weighted by atomic mass is 127. The number of nitro groups is 1. The molecule has 0 saturated heterocycles. The molecule has 0 bridgehead atoms. The molecule has 1 aromatic carbocycles. The molecule has 1 aliphatic carbocycles. The van der Waals surface area contributed by atoms with Crippen molar-refractivity contribution in [3.05, 3.63) is 31.9 Å². The highest BCUT2D eigenvalue weighted by molar-refractivity contribution is 14.1. The summed E-state index contributed by atoms with van der Waals surface area (Å²) in [5, 5.41) is 11.4. The quantitative estimate of drug-likeness (QED) is 0.464. The van der Waals surface area contributed by atoms with Crippen LogP contribution in [-0.2, 0) is 0 Å². The van der Waals surface area contributed by atoms with Crippen molar-refractivity contribution < 1.29 is 4.92 Å². The van der Waals surface area contributed by atoms with Crippen LogP contribution in [0.1, 0.15) is 32.6 Å². The predicted octanol–water partition coefficient (Wildman–Crippen LogP) is 3.54. The first-order chi connectivity index (χ1) is 10.1. The molecule has 6 heteroatoms. The molecule has 0 aliphatic heterocycles. The van der Waals surface area contributed by atoms with Gasteiger partial charge in [0.05, 0.1) is 4.92 Å². The molecule has 2 unspecified atom stereocenters. The molecule has 2 rings (SSSR count). The van der Waals surface area contributed by atoms with Crippen molar-refractivity contribution in [3.63, 3.8) is 0 Å². The lowest BCUT2D eigenvalue weighted by molar-refractivity contribution is -0.384. The van der Waals surface area contributed by atoms with Gasteiger partial charge in [-0.05, 0) is 67.0 Å². The third-order valence-corrected chi connectivity index (χ3v) is 5.03. The third-order valence-electron chi connectivity index (χ3n) is 4.36. The fourth-order valence-corrected chi connectivity index (χ4v) is 3.82. The van der Waals surface area contributed by atoms with Crippen LogP contribution in [0.4, 0.5) is 11.4 Å². The molecule has 2 N–H and O–H groups in total. The Morgan fingerprint density at radius 2 is 2.14 bits per heavy atom. The summed E-state index contributed by atoms with van der Waals surface area (Å²) in [5.74, 6) is 0.428. The van der Waals surface area contributed by atoms with E-state index in [1.54, 1.807) is 6.07 Å². The van der Waals surface area contributed by atoms with Crippen molar-refractivity contribution in [2.45, 2.75) is 38.6 Å². The Bertz CT molecular complexity index is 510. The van der Waals surface area contributed by atoms with Crippen molar-refractivity contribution in [2.24, 2.45) is 11.7 Å². The van der Waals surface area contributed by atoms with E-state index in [0.717, 1.165) is 28.6 Å². The molecular weight excluding hydrogens is 381 g/mol. The fraction of sp³-hybridized carbons (Fsp3) is 0.600. The van der Waals surface area contributed by atoms with E-state index >= 15 is 0 Å². The molecule has 0 amide bonds. The summed E-state index contributed by atoms with van der Waals surface area (Å²) in [6, 6.07) is 5.78. The first-order valence-corrected chi connectivity index (χ1v) is 8.57. The van der Waals surface area contributed by atoms with Gasteiger partial charge >= 0.3 is 0 Å². The molecule has 116 valence electrons. The predicted molar refractivity (Wildman–Crippen MR) is 93.6 cm³/mol. The summed E-state index contributed by atoms with van der Waals surface area (Å²) in [4.78, 5) is 13.3. The lowest BCUT2D eigenvalue weighted by Gasteiger charge is -2.40. The Labute approximate surface area is 139 Å². The highest BCUT2D eigenvalue weighted by Gasteiger charge is 2.31. The number of benzene rings is 1. The van der Waals surface area contributed by atoms with Gasteiger partial charge in [-0.3, -0.25) is 10.1 Å². The van der Waals surface area contributed by atoms with Gasteiger partial charge in [0.2, 0.25) is 0 Å². The number of hydrogen-bond acceptors (Lipinski definition) is 4. The van der Waals surface area contributed by atoms with Crippen LogP contribution in [0.25, 0.3) is 0 Å². The van der Waals surface area contributed by atoms with Gasteiger partial charge in [0, 0.05) is 22.2 Å². The zero-order chi connectivity index (χ0) is 15.4. The Morgan fingerprint density at radius 3 is 2.76 bits per heavy atom. The van der Waals surface area contributed by atoms with E-state index in [2.05, 4.69) is 34.4 Å². The second kappa shape index (κ2) is 7.40. The average Bonchev–Trinajstić information content (AvgIpc) is 2.49. The van der Waals surface area contributed by atoms with Crippen LogP contribution < -0.4 is 10.6 Å². The summed E-state index contributed by atoms with van der Waals surface area (Å²) in [5.41, 5.74) is 6.85.